The van der Waals surface area contributed by atoms with Crippen molar-refractivity contribution in [2.24, 2.45) is 0 Å². The van der Waals surface area contributed by atoms with E-state index in [1.807, 2.05) is 13.8 Å². The summed E-state index contributed by atoms with van der Waals surface area (Å²) in [5.74, 6) is -3.11. The number of aryl methyl sites for hydroxylation is 1. The number of hydrogen-bond acceptors (Lipinski definition) is 6. The van der Waals surface area contributed by atoms with Gasteiger partial charge in [-0.15, -0.1) is 0 Å². The molecular weight excluding hydrogens is 480 g/mol. The molecule has 0 aliphatic carbocycles. The largest absolute Gasteiger partial charge is 0.491 e. The van der Waals surface area contributed by atoms with Gasteiger partial charge in [-0.05, 0) is 75.4 Å². The number of carbonyl (C=O) groups is 3. The molecule has 2 aromatic heterocycles. The van der Waals surface area contributed by atoms with Crippen LogP contribution in [0.25, 0.3) is 16.6 Å². The maximum atomic E-state index is 12.3. The van der Waals surface area contributed by atoms with E-state index in [-0.39, 0.29) is 39.9 Å². The maximum Gasteiger partial charge on any atom is 0.341 e. The Morgan fingerprint density at radius 3 is 2.19 bits per heavy atom. The van der Waals surface area contributed by atoms with Gasteiger partial charge in [0.05, 0.1) is 23.6 Å². The summed E-state index contributed by atoms with van der Waals surface area (Å²) in [6, 6.07) is 14.4. The van der Waals surface area contributed by atoms with Crippen LogP contribution in [0.15, 0.2) is 54.6 Å². The second-order valence-corrected chi connectivity index (χ2v) is 8.58. The zero-order chi connectivity index (χ0) is 26.9. The van der Waals surface area contributed by atoms with Crippen LogP contribution in [0, 0.1) is 6.92 Å². The third kappa shape index (κ3) is 5.22. The minimum atomic E-state index is -1.31. The van der Waals surface area contributed by atoms with E-state index in [1.165, 1.54) is 18.2 Å². The molecule has 190 valence electrons. The van der Waals surface area contributed by atoms with Gasteiger partial charge in [0.1, 0.15) is 17.1 Å². The van der Waals surface area contributed by atoms with Gasteiger partial charge in [-0.25, -0.2) is 14.6 Å². The number of hydrogen-bond donors (Lipinski definition) is 3. The first-order chi connectivity index (χ1) is 17.5. The van der Waals surface area contributed by atoms with Crippen LogP contribution in [-0.2, 0) is 11.2 Å². The summed E-state index contributed by atoms with van der Waals surface area (Å²) in [6.45, 7) is 5.46. The fraction of sp³-hybridized carbons (Fsp3) is 0.185. The van der Waals surface area contributed by atoms with Crippen molar-refractivity contribution < 1.29 is 39.2 Å². The van der Waals surface area contributed by atoms with Crippen molar-refractivity contribution in [3.05, 3.63) is 77.1 Å². The summed E-state index contributed by atoms with van der Waals surface area (Å²) in [5.41, 5.74) is 1.25. The molecule has 0 radical (unpaired) electrons. The van der Waals surface area contributed by atoms with Crippen LogP contribution < -0.4 is 9.47 Å². The molecule has 0 aliphatic rings. The van der Waals surface area contributed by atoms with Crippen LogP contribution in [0.4, 0.5) is 0 Å². The average Bonchev–Trinajstić information content (AvgIpc) is 3.11. The molecule has 0 spiro atoms. The number of carboxylic acid groups (broad SMARTS) is 3. The van der Waals surface area contributed by atoms with Crippen molar-refractivity contribution in [1.82, 2.24) is 9.55 Å². The number of nitrogens with zero attached hydrogens (tertiary/aromatic N) is 2. The molecule has 10 heteroatoms. The molecule has 10 nitrogen and oxygen atoms in total. The zero-order valence-corrected chi connectivity index (χ0v) is 20.3. The Kier molecular flexibility index (Phi) is 6.83. The summed E-state index contributed by atoms with van der Waals surface area (Å²) in [4.78, 5) is 39.8. The highest BCUT2D eigenvalue weighted by Gasteiger charge is 2.26. The Morgan fingerprint density at radius 2 is 1.59 bits per heavy atom. The normalized spacial score (nSPS) is 11.0. The third-order valence-electron chi connectivity index (χ3n) is 5.48. The SMILES string of the molecule is Cc1ccc(C(=O)O)c(Oc2ccc3c(c2)c(C(=O)O)c(CC(=O)O)n3-c2ccc(OC(C)C)cc2)n1. The monoisotopic (exact) mass is 504 g/mol. The van der Waals surface area contributed by atoms with Gasteiger partial charge in [-0.3, -0.25) is 4.79 Å². The molecule has 2 aromatic carbocycles. The van der Waals surface area contributed by atoms with E-state index < -0.39 is 24.3 Å². The van der Waals surface area contributed by atoms with Gasteiger partial charge in [-0.2, -0.15) is 0 Å². The fourth-order valence-electron chi connectivity index (χ4n) is 4.06. The van der Waals surface area contributed by atoms with E-state index in [9.17, 15) is 29.7 Å². The summed E-state index contributed by atoms with van der Waals surface area (Å²) in [7, 11) is 0. The van der Waals surface area contributed by atoms with Crippen molar-refractivity contribution in [1.29, 1.82) is 0 Å². The Hall–Kier alpha value is -4.86. The first kappa shape index (κ1) is 25.2. The van der Waals surface area contributed by atoms with E-state index in [2.05, 4.69) is 4.98 Å². The smallest absolute Gasteiger partial charge is 0.341 e. The first-order valence-electron chi connectivity index (χ1n) is 11.3. The van der Waals surface area contributed by atoms with Gasteiger partial charge >= 0.3 is 17.9 Å². The van der Waals surface area contributed by atoms with Crippen molar-refractivity contribution in [2.75, 3.05) is 0 Å². The predicted molar refractivity (Wildman–Crippen MR) is 133 cm³/mol. The highest BCUT2D eigenvalue weighted by molar-refractivity contribution is 6.07. The van der Waals surface area contributed by atoms with Crippen LogP contribution in [0.1, 0.15) is 46.0 Å². The molecule has 0 atom stereocenters. The average molecular weight is 504 g/mol. The van der Waals surface area contributed by atoms with Crippen LogP contribution in [0.5, 0.6) is 17.4 Å². The number of fused-ring (bicyclic) bond motifs is 1. The third-order valence-corrected chi connectivity index (χ3v) is 5.48. The molecule has 0 aliphatic heterocycles. The summed E-state index contributed by atoms with van der Waals surface area (Å²) >= 11 is 0. The molecule has 0 saturated carbocycles. The van der Waals surface area contributed by atoms with E-state index in [0.717, 1.165) is 0 Å². The molecule has 3 N–H and O–H groups in total. The van der Waals surface area contributed by atoms with Gasteiger partial charge in [0.25, 0.3) is 0 Å². The number of aliphatic carboxylic acids is 1. The fourth-order valence-corrected chi connectivity index (χ4v) is 4.06. The number of aromatic carboxylic acids is 2. The lowest BCUT2D eigenvalue weighted by Crippen LogP contribution is -2.11. The molecule has 2 heterocycles. The molecular formula is C27H24N2O8. The molecule has 0 amide bonds. The number of benzene rings is 2. The van der Waals surface area contributed by atoms with Gasteiger partial charge < -0.3 is 29.4 Å². The lowest BCUT2D eigenvalue weighted by Gasteiger charge is -2.13. The Bertz CT molecular complexity index is 1520. The molecule has 0 unspecified atom stereocenters. The summed E-state index contributed by atoms with van der Waals surface area (Å²) in [6.07, 6.45) is -0.582. The van der Waals surface area contributed by atoms with Crippen molar-refractivity contribution in [2.45, 2.75) is 33.3 Å². The van der Waals surface area contributed by atoms with Gasteiger partial charge in [-0.1, -0.05) is 0 Å². The van der Waals surface area contributed by atoms with Crippen molar-refractivity contribution in [3.63, 3.8) is 0 Å². The highest BCUT2D eigenvalue weighted by Crippen LogP contribution is 2.35. The van der Waals surface area contributed by atoms with Crippen LogP contribution in [0.3, 0.4) is 0 Å². The summed E-state index contributed by atoms with van der Waals surface area (Å²) < 4.78 is 13.0. The summed E-state index contributed by atoms with van der Waals surface area (Å²) in [5, 5.41) is 29.3. The van der Waals surface area contributed by atoms with E-state index in [4.69, 9.17) is 9.47 Å². The van der Waals surface area contributed by atoms with Gasteiger partial charge in [0, 0.05) is 22.5 Å². The quantitative estimate of drug-likeness (QED) is 0.288. The molecule has 0 fully saturated rings. The number of pyridine rings is 1. The minimum absolute atomic E-state index is 0.0394. The lowest BCUT2D eigenvalue weighted by molar-refractivity contribution is -0.136. The molecule has 0 bridgehead atoms. The van der Waals surface area contributed by atoms with E-state index in [1.54, 1.807) is 47.9 Å². The second kappa shape index (κ2) is 10.0. The topological polar surface area (TPSA) is 148 Å². The second-order valence-electron chi connectivity index (χ2n) is 8.58. The minimum Gasteiger partial charge on any atom is -0.491 e. The molecule has 4 aromatic rings. The number of carboxylic acids is 3. The molecule has 4 rings (SSSR count). The van der Waals surface area contributed by atoms with Crippen LogP contribution >= 0.6 is 0 Å². The zero-order valence-electron chi connectivity index (χ0n) is 20.3. The van der Waals surface area contributed by atoms with Crippen molar-refractivity contribution in [3.8, 4) is 23.1 Å². The molecule has 37 heavy (non-hydrogen) atoms. The Balaban J connectivity index is 1.89. The lowest BCUT2D eigenvalue weighted by atomic mass is 10.1. The van der Waals surface area contributed by atoms with Crippen LogP contribution in [0.2, 0.25) is 0 Å². The Morgan fingerprint density at radius 1 is 0.919 bits per heavy atom. The number of ether oxygens (including phenoxy) is 2. The van der Waals surface area contributed by atoms with Crippen molar-refractivity contribution >= 4 is 28.8 Å². The molecule has 0 saturated heterocycles. The first-order valence-corrected chi connectivity index (χ1v) is 11.3. The van der Waals surface area contributed by atoms with E-state index >= 15 is 0 Å². The standard InChI is InChI=1S/C27H24N2O8/c1-14(2)36-17-7-5-16(6-8-17)29-21-11-9-18(37-25-19(26(32)33)10-4-15(3)28-25)12-20(21)24(27(34)35)22(29)13-23(30)31/h4-12,14H,13H2,1-3H3,(H,30,31)(H,32,33)(H,34,35). The van der Waals surface area contributed by atoms with Crippen LogP contribution in [-0.4, -0.2) is 48.9 Å². The van der Waals surface area contributed by atoms with Gasteiger partial charge in [0.2, 0.25) is 5.88 Å². The maximum absolute atomic E-state index is 12.3. The number of rotatable bonds is 9. The Labute approximate surface area is 211 Å². The highest BCUT2D eigenvalue weighted by atomic mass is 16.5. The predicted octanol–water partition coefficient (Wildman–Crippen LogP) is 4.94. The van der Waals surface area contributed by atoms with E-state index in [0.29, 0.717) is 22.6 Å². The number of aromatic nitrogens is 2. The van der Waals surface area contributed by atoms with Gasteiger partial charge in [0.15, 0.2) is 0 Å².